The van der Waals surface area contributed by atoms with Crippen LogP contribution in [0, 0.1) is 0 Å². The summed E-state index contributed by atoms with van der Waals surface area (Å²) in [5, 5.41) is 11.7. The first kappa shape index (κ1) is 6.67. The van der Waals surface area contributed by atoms with Gasteiger partial charge in [0.05, 0.1) is 0 Å². The van der Waals surface area contributed by atoms with Crippen molar-refractivity contribution >= 4 is 23.0 Å². The van der Waals surface area contributed by atoms with E-state index in [2.05, 4.69) is 5.32 Å². The van der Waals surface area contributed by atoms with Crippen LogP contribution in [0.5, 0.6) is 0 Å². The molecule has 11 heavy (non-hydrogen) atoms. The second kappa shape index (κ2) is 2.23. The number of hydrogen-bond acceptors (Lipinski definition) is 3. The first-order valence-corrected chi connectivity index (χ1v) is 4.19. The number of carboxylic acid groups (broad SMARTS) is 1. The van der Waals surface area contributed by atoms with Crippen molar-refractivity contribution in [1.82, 2.24) is 0 Å². The number of carbonyl (C=O) groups is 1. The molecule has 1 aromatic rings. The molecule has 0 aliphatic carbocycles. The van der Waals surface area contributed by atoms with Gasteiger partial charge < -0.3 is 10.4 Å². The summed E-state index contributed by atoms with van der Waals surface area (Å²) >= 11 is 1.37. The Balaban J connectivity index is 2.42. The third-order valence-electron chi connectivity index (χ3n) is 1.69. The summed E-state index contributed by atoms with van der Waals surface area (Å²) in [5.41, 5.74) is 1.01. The molecule has 0 aromatic carbocycles. The van der Waals surface area contributed by atoms with Crippen molar-refractivity contribution < 1.29 is 9.90 Å². The summed E-state index contributed by atoms with van der Waals surface area (Å²) in [7, 11) is 0. The molecule has 4 heteroatoms. The predicted octanol–water partition coefficient (Wildman–Crippen LogP) is 1.41. The number of carboxylic acids is 1. The minimum Gasteiger partial charge on any atom is -0.477 e. The molecule has 0 saturated heterocycles. The first-order valence-electron chi connectivity index (χ1n) is 3.37. The molecule has 0 bridgehead atoms. The van der Waals surface area contributed by atoms with Crippen LogP contribution in [0.3, 0.4) is 0 Å². The Labute approximate surface area is 67.7 Å². The Kier molecular flexibility index (Phi) is 1.35. The molecular weight excluding hydrogens is 162 g/mol. The quantitative estimate of drug-likeness (QED) is 0.668. The summed E-state index contributed by atoms with van der Waals surface area (Å²) < 4.78 is 0. The van der Waals surface area contributed by atoms with Crippen LogP contribution in [0.15, 0.2) is 6.07 Å². The monoisotopic (exact) mass is 169 g/mol. The fourth-order valence-electron chi connectivity index (χ4n) is 1.18. The van der Waals surface area contributed by atoms with Gasteiger partial charge in [-0.05, 0) is 6.07 Å². The van der Waals surface area contributed by atoms with Gasteiger partial charge in [0.15, 0.2) is 0 Å². The molecule has 1 aliphatic heterocycles. The maximum atomic E-state index is 10.5. The number of thiophene rings is 1. The van der Waals surface area contributed by atoms with Crippen molar-refractivity contribution in [2.75, 3.05) is 11.9 Å². The standard InChI is InChI=1S/C7H7NO2S/c9-7(10)6-3-4-5(11-6)1-2-8-4/h3,8H,1-2H2,(H,9,10). The van der Waals surface area contributed by atoms with Crippen LogP contribution in [0.1, 0.15) is 14.5 Å². The number of nitrogens with one attached hydrogen (secondary N) is 1. The van der Waals surface area contributed by atoms with Gasteiger partial charge in [-0.15, -0.1) is 11.3 Å². The van der Waals surface area contributed by atoms with Gasteiger partial charge in [0.1, 0.15) is 4.88 Å². The molecule has 2 N–H and O–H groups in total. The number of hydrogen-bond donors (Lipinski definition) is 2. The number of rotatable bonds is 1. The fraction of sp³-hybridized carbons (Fsp3) is 0.286. The van der Waals surface area contributed by atoms with Crippen LogP contribution >= 0.6 is 11.3 Å². The molecule has 2 rings (SSSR count). The molecule has 0 fully saturated rings. The molecule has 3 nitrogen and oxygen atoms in total. The third kappa shape index (κ3) is 0.991. The second-order valence-corrected chi connectivity index (χ2v) is 3.57. The summed E-state index contributed by atoms with van der Waals surface area (Å²) in [5.74, 6) is -0.828. The summed E-state index contributed by atoms with van der Waals surface area (Å²) in [4.78, 5) is 12.1. The van der Waals surface area contributed by atoms with Gasteiger partial charge in [-0.25, -0.2) is 4.79 Å². The molecule has 0 atom stereocenters. The topological polar surface area (TPSA) is 49.3 Å². The molecule has 0 amide bonds. The van der Waals surface area contributed by atoms with Crippen molar-refractivity contribution in [3.63, 3.8) is 0 Å². The van der Waals surface area contributed by atoms with E-state index in [9.17, 15) is 4.79 Å². The molecule has 0 unspecified atom stereocenters. The Morgan fingerprint density at radius 2 is 2.55 bits per heavy atom. The van der Waals surface area contributed by atoms with E-state index < -0.39 is 5.97 Å². The zero-order valence-electron chi connectivity index (χ0n) is 5.76. The lowest BCUT2D eigenvalue weighted by Gasteiger charge is -1.88. The van der Waals surface area contributed by atoms with Gasteiger partial charge in [-0.1, -0.05) is 0 Å². The van der Waals surface area contributed by atoms with Gasteiger partial charge in [0.25, 0.3) is 0 Å². The average molecular weight is 169 g/mol. The molecule has 1 aromatic heterocycles. The SMILES string of the molecule is O=C(O)c1cc2c(s1)CCN2. The third-order valence-corrected chi connectivity index (χ3v) is 2.87. The lowest BCUT2D eigenvalue weighted by atomic mass is 10.3. The van der Waals surface area contributed by atoms with Crippen LogP contribution in [-0.4, -0.2) is 17.6 Å². The minimum atomic E-state index is -0.828. The minimum absolute atomic E-state index is 0.433. The zero-order valence-corrected chi connectivity index (χ0v) is 6.57. The van der Waals surface area contributed by atoms with Crippen LogP contribution in [-0.2, 0) is 6.42 Å². The average Bonchev–Trinajstić information content (AvgIpc) is 2.40. The lowest BCUT2D eigenvalue weighted by molar-refractivity contribution is 0.0702. The van der Waals surface area contributed by atoms with E-state index in [0.717, 1.165) is 18.7 Å². The van der Waals surface area contributed by atoms with Gasteiger partial charge in [0.2, 0.25) is 0 Å². The van der Waals surface area contributed by atoms with Gasteiger partial charge in [0, 0.05) is 23.5 Å². The molecule has 1 aliphatic rings. The molecule has 0 spiro atoms. The summed E-state index contributed by atoms with van der Waals surface area (Å²) in [6.45, 7) is 0.946. The van der Waals surface area contributed by atoms with Gasteiger partial charge >= 0.3 is 5.97 Å². The van der Waals surface area contributed by atoms with E-state index in [1.807, 2.05) is 0 Å². The smallest absolute Gasteiger partial charge is 0.345 e. The highest BCUT2D eigenvalue weighted by Crippen LogP contribution is 2.31. The lowest BCUT2D eigenvalue weighted by Crippen LogP contribution is -1.94. The predicted molar refractivity (Wildman–Crippen MR) is 43.5 cm³/mol. The maximum Gasteiger partial charge on any atom is 0.345 e. The molecular formula is C7H7NO2S. The molecule has 2 heterocycles. The summed E-state index contributed by atoms with van der Waals surface area (Å²) in [6, 6.07) is 1.70. The van der Waals surface area contributed by atoms with E-state index in [0.29, 0.717) is 4.88 Å². The largest absolute Gasteiger partial charge is 0.477 e. The van der Waals surface area contributed by atoms with E-state index in [4.69, 9.17) is 5.11 Å². The van der Waals surface area contributed by atoms with E-state index >= 15 is 0 Å². The summed E-state index contributed by atoms with van der Waals surface area (Å²) in [6.07, 6.45) is 0.966. The van der Waals surface area contributed by atoms with Crippen molar-refractivity contribution in [2.24, 2.45) is 0 Å². The zero-order chi connectivity index (χ0) is 7.84. The molecule has 0 radical (unpaired) electrons. The van der Waals surface area contributed by atoms with Gasteiger partial charge in [-0.2, -0.15) is 0 Å². The number of anilines is 1. The van der Waals surface area contributed by atoms with Crippen molar-refractivity contribution in [3.05, 3.63) is 15.8 Å². The maximum absolute atomic E-state index is 10.5. The van der Waals surface area contributed by atoms with Crippen LogP contribution in [0.4, 0.5) is 5.69 Å². The van der Waals surface area contributed by atoms with E-state index in [1.165, 1.54) is 16.2 Å². The van der Waals surface area contributed by atoms with Crippen molar-refractivity contribution in [3.8, 4) is 0 Å². The second-order valence-electron chi connectivity index (χ2n) is 2.43. The Morgan fingerprint density at radius 1 is 1.73 bits per heavy atom. The molecule has 0 saturated carbocycles. The van der Waals surface area contributed by atoms with E-state index in [1.54, 1.807) is 6.07 Å². The van der Waals surface area contributed by atoms with Crippen LogP contribution < -0.4 is 5.32 Å². The first-order chi connectivity index (χ1) is 5.27. The van der Waals surface area contributed by atoms with Crippen molar-refractivity contribution in [1.29, 1.82) is 0 Å². The van der Waals surface area contributed by atoms with Gasteiger partial charge in [-0.3, -0.25) is 0 Å². The van der Waals surface area contributed by atoms with E-state index in [-0.39, 0.29) is 0 Å². The Bertz CT molecular complexity index is 284. The highest BCUT2D eigenvalue weighted by atomic mass is 32.1. The normalized spacial score (nSPS) is 14.2. The highest BCUT2D eigenvalue weighted by molar-refractivity contribution is 7.14. The fourth-order valence-corrected chi connectivity index (χ4v) is 2.15. The number of aromatic carboxylic acids is 1. The Hall–Kier alpha value is -1.03. The molecule has 58 valence electrons. The van der Waals surface area contributed by atoms with Crippen LogP contribution in [0.25, 0.3) is 0 Å². The highest BCUT2D eigenvalue weighted by Gasteiger charge is 2.16. The number of fused-ring (bicyclic) bond motifs is 1. The van der Waals surface area contributed by atoms with Crippen molar-refractivity contribution in [2.45, 2.75) is 6.42 Å². The Morgan fingerprint density at radius 3 is 3.18 bits per heavy atom. The van der Waals surface area contributed by atoms with Crippen LogP contribution in [0.2, 0.25) is 0 Å².